The molecule has 0 saturated carbocycles. The van der Waals surface area contributed by atoms with Crippen molar-refractivity contribution in [2.24, 2.45) is 0 Å². The Balaban J connectivity index is 1.62. The van der Waals surface area contributed by atoms with Crippen molar-refractivity contribution in [3.63, 3.8) is 0 Å². The smallest absolute Gasteiger partial charge is 0.234 e. The van der Waals surface area contributed by atoms with Gasteiger partial charge in [0.05, 0.1) is 21.7 Å². The van der Waals surface area contributed by atoms with Crippen LogP contribution in [0.2, 0.25) is 0 Å². The number of aromatic nitrogens is 1. The highest BCUT2D eigenvalue weighted by Gasteiger charge is 2.14. The van der Waals surface area contributed by atoms with E-state index in [1.807, 2.05) is 48.5 Å². The molecule has 0 atom stereocenters. The van der Waals surface area contributed by atoms with Gasteiger partial charge in [0.15, 0.2) is 0 Å². The minimum atomic E-state index is -0.160. The van der Waals surface area contributed by atoms with Crippen LogP contribution in [0.1, 0.15) is 5.01 Å². The number of anilines is 1. The Hall–Kier alpha value is -2.82. The van der Waals surface area contributed by atoms with Gasteiger partial charge in [0, 0.05) is 5.69 Å². The highest BCUT2D eigenvalue weighted by atomic mass is 32.2. The summed E-state index contributed by atoms with van der Waals surface area (Å²) in [5.74, 6) is 0.120. The van der Waals surface area contributed by atoms with Crippen LogP contribution >= 0.6 is 23.1 Å². The first kappa shape index (κ1) is 18.0. The second-order valence-corrected chi connectivity index (χ2v) is 7.34. The molecule has 0 aliphatic heterocycles. The van der Waals surface area contributed by atoms with Gasteiger partial charge < -0.3 is 10.4 Å². The zero-order valence-electron chi connectivity index (χ0n) is 13.7. The molecule has 2 N–H and O–H groups in total. The molecule has 0 bridgehead atoms. The Kier molecular flexibility index (Phi) is 5.89. The summed E-state index contributed by atoms with van der Waals surface area (Å²) in [5.41, 5.74) is 1.68. The Morgan fingerprint density at radius 2 is 1.88 bits per heavy atom. The molecule has 1 heterocycles. The Labute approximate surface area is 159 Å². The van der Waals surface area contributed by atoms with E-state index >= 15 is 0 Å². The maximum absolute atomic E-state index is 11.9. The third-order valence-corrected chi connectivity index (χ3v) is 5.44. The number of para-hydroxylation sites is 2. The average molecular weight is 381 g/mol. The first-order valence-electron chi connectivity index (χ1n) is 7.78. The number of thioether (sulfide) groups is 1. The molecule has 3 aromatic rings. The molecule has 0 fully saturated rings. The van der Waals surface area contributed by atoms with Crippen LogP contribution < -0.4 is 5.32 Å². The van der Waals surface area contributed by atoms with Crippen LogP contribution in [0, 0.1) is 11.3 Å². The molecule has 7 heteroatoms. The predicted octanol–water partition coefficient (Wildman–Crippen LogP) is 4.46. The molecule has 0 spiro atoms. The van der Waals surface area contributed by atoms with Crippen LogP contribution in [0.4, 0.5) is 5.69 Å². The predicted molar refractivity (Wildman–Crippen MR) is 107 cm³/mol. The number of aliphatic hydroxyl groups is 1. The maximum Gasteiger partial charge on any atom is 0.234 e. The van der Waals surface area contributed by atoms with Crippen molar-refractivity contribution >= 4 is 50.5 Å². The van der Waals surface area contributed by atoms with E-state index in [1.54, 1.807) is 12.1 Å². The van der Waals surface area contributed by atoms with Gasteiger partial charge in [-0.1, -0.05) is 30.3 Å². The third kappa shape index (κ3) is 4.42. The van der Waals surface area contributed by atoms with E-state index in [2.05, 4.69) is 10.3 Å². The molecule has 1 amide bonds. The van der Waals surface area contributed by atoms with Gasteiger partial charge >= 0.3 is 0 Å². The summed E-state index contributed by atoms with van der Waals surface area (Å²) in [5, 5.41) is 22.9. The molecule has 3 rings (SSSR count). The van der Waals surface area contributed by atoms with E-state index < -0.39 is 0 Å². The number of benzene rings is 2. The number of nitrogens with zero attached hydrogens (tertiary/aromatic N) is 2. The second kappa shape index (κ2) is 8.52. The van der Waals surface area contributed by atoms with Crippen molar-refractivity contribution in [2.75, 3.05) is 16.8 Å². The van der Waals surface area contributed by atoms with Crippen LogP contribution in [0.25, 0.3) is 15.8 Å². The Bertz CT molecular complexity index is 958. The van der Waals surface area contributed by atoms with Crippen molar-refractivity contribution < 1.29 is 9.90 Å². The lowest BCUT2D eigenvalue weighted by Crippen LogP contribution is -2.14. The fraction of sp³-hybridized carbons (Fsp3) is 0.105. The molecule has 130 valence electrons. The number of nitrogens with one attached hydrogen (secondary N) is 1. The highest BCUT2D eigenvalue weighted by molar-refractivity contribution is 8.00. The SMILES string of the molecule is N#C/C(=C(/O)CSCC(=O)Nc1ccccc1)c1nc2ccccc2s1. The zero-order chi connectivity index (χ0) is 18.4. The number of amides is 1. The van der Waals surface area contributed by atoms with Crippen LogP contribution in [-0.4, -0.2) is 27.5 Å². The van der Waals surface area contributed by atoms with E-state index in [4.69, 9.17) is 0 Å². The number of fused-ring (bicyclic) bond motifs is 1. The van der Waals surface area contributed by atoms with Gasteiger partial charge in [-0.15, -0.1) is 23.1 Å². The average Bonchev–Trinajstić information content (AvgIpc) is 3.06. The van der Waals surface area contributed by atoms with Crippen LogP contribution in [-0.2, 0) is 4.79 Å². The maximum atomic E-state index is 11.9. The van der Waals surface area contributed by atoms with Crippen molar-refractivity contribution in [2.45, 2.75) is 0 Å². The first-order valence-corrected chi connectivity index (χ1v) is 9.75. The lowest BCUT2D eigenvalue weighted by molar-refractivity contribution is -0.113. The van der Waals surface area contributed by atoms with E-state index in [-0.39, 0.29) is 28.7 Å². The second-order valence-electron chi connectivity index (χ2n) is 5.33. The van der Waals surface area contributed by atoms with Gasteiger partial charge in [0.2, 0.25) is 5.91 Å². The highest BCUT2D eigenvalue weighted by Crippen LogP contribution is 2.28. The number of carbonyl (C=O) groups is 1. The largest absolute Gasteiger partial charge is 0.510 e. The number of nitriles is 1. The normalized spacial score (nSPS) is 11.7. The molecule has 26 heavy (non-hydrogen) atoms. The first-order chi connectivity index (χ1) is 12.7. The minimum Gasteiger partial charge on any atom is -0.510 e. The number of carbonyl (C=O) groups excluding carboxylic acids is 1. The van der Waals surface area contributed by atoms with Gasteiger partial charge in [0.1, 0.15) is 22.4 Å². The van der Waals surface area contributed by atoms with Gasteiger partial charge in [0.25, 0.3) is 0 Å². The summed E-state index contributed by atoms with van der Waals surface area (Å²) in [6.07, 6.45) is 0. The van der Waals surface area contributed by atoms with E-state index in [1.165, 1.54) is 23.1 Å². The molecule has 0 unspecified atom stereocenters. The van der Waals surface area contributed by atoms with Crippen molar-refractivity contribution in [1.29, 1.82) is 5.26 Å². The summed E-state index contributed by atoms with van der Waals surface area (Å²) in [4.78, 5) is 16.3. The lowest BCUT2D eigenvalue weighted by atomic mass is 10.2. The summed E-state index contributed by atoms with van der Waals surface area (Å²) < 4.78 is 0.956. The van der Waals surface area contributed by atoms with Crippen LogP contribution in [0.15, 0.2) is 60.4 Å². The molecule has 5 nitrogen and oxygen atoms in total. The molecular weight excluding hydrogens is 366 g/mol. The summed E-state index contributed by atoms with van der Waals surface area (Å²) in [7, 11) is 0. The number of hydrogen-bond acceptors (Lipinski definition) is 6. The van der Waals surface area contributed by atoms with E-state index in [9.17, 15) is 15.2 Å². The van der Waals surface area contributed by atoms with Crippen molar-refractivity contribution in [3.05, 3.63) is 65.4 Å². The minimum absolute atomic E-state index is 0.0657. The topological polar surface area (TPSA) is 86.0 Å². The molecule has 0 radical (unpaired) electrons. The quantitative estimate of drug-likeness (QED) is 0.486. The molecule has 0 saturated heterocycles. The summed E-state index contributed by atoms with van der Waals surface area (Å²) >= 11 is 2.60. The van der Waals surface area contributed by atoms with Crippen LogP contribution in [0.3, 0.4) is 0 Å². The fourth-order valence-corrected chi connectivity index (χ4v) is 3.93. The van der Waals surface area contributed by atoms with Gasteiger partial charge in [-0.3, -0.25) is 4.79 Å². The zero-order valence-corrected chi connectivity index (χ0v) is 15.3. The Morgan fingerprint density at radius 1 is 1.15 bits per heavy atom. The van der Waals surface area contributed by atoms with Crippen LogP contribution in [0.5, 0.6) is 0 Å². The van der Waals surface area contributed by atoms with E-state index in [0.717, 1.165) is 15.9 Å². The van der Waals surface area contributed by atoms with Crippen molar-refractivity contribution in [3.8, 4) is 6.07 Å². The monoisotopic (exact) mass is 381 g/mol. The molecule has 0 aliphatic carbocycles. The van der Waals surface area contributed by atoms with E-state index in [0.29, 0.717) is 5.01 Å². The number of aliphatic hydroxyl groups excluding tert-OH is 1. The number of hydrogen-bond donors (Lipinski definition) is 2. The lowest BCUT2D eigenvalue weighted by Gasteiger charge is -2.05. The molecule has 2 aromatic carbocycles. The summed E-state index contributed by atoms with van der Waals surface area (Å²) in [6, 6.07) is 18.8. The molecule has 1 aromatic heterocycles. The summed E-state index contributed by atoms with van der Waals surface area (Å²) in [6.45, 7) is 0. The van der Waals surface area contributed by atoms with Gasteiger partial charge in [-0.2, -0.15) is 5.26 Å². The number of thiazole rings is 1. The third-order valence-electron chi connectivity index (χ3n) is 3.44. The fourth-order valence-electron chi connectivity index (χ4n) is 2.25. The Morgan fingerprint density at radius 3 is 2.62 bits per heavy atom. The number of rotatable bonds is 6. The standard InChI is InChI=1S/C19H15N3O2S2/c20-10-14(19-22-15-8-4-5-9-17(15)26-19)16(23)11-25-12-18(24)21-13-6-2-1-3-7-13/h1-9,23H,11-12H2,(H,21,24)/b16-14-. The molecular formula is C19H15N3O2S2. The molecule has 0 aliphatic rings. The number of allylic oxidation sites excluding steroid dienone is 1. The van der Waals surface area contributed by atoms with Gasteiger partial charge in [-0.25, -0.2) is 4.98 Å². The van der Waals surface area contributed by atoms with Crippen molar-refractivity contribution in [1.82, 2.24) is 4.98 Å². The van der Waals surface area contributed by atoms with Gasteiger partial charge in [-0.05, 0) is 24.3 Å².